The van der Waals surface area contributed by atoms with Gasteiger partial charge < -0.3 is 53.2 Å². The molecule has 17 aliphatic rings. The van der Waals surface area contributed by atoms with Gasteiger partial charge in [-0.3, -0.25) is 33.6 Å². The Labute approximate surface area is 641 Å². The molecule has 2 saturated heterocycles. The van der Waals surface area contributed by atoms with Crippen molar-refractivity contribution in [1.82, 2.24) is 0 Å². The van der Waals surface area contributed by atoms with Crippen LogP contribution in [0.15, 0.2) is 0 Å². The number of carbonyl (C=O) groups is 8. The van der Waals surface area contributed by atoms with Crippen molar-refractivity contribution in [3.8, 4) is 0 Å². The maximum absolute atomic E-state index is 12.6. The van der Waals surface area contributed by atoms with E-state index in [9.17, 15) is 53.7 Å². The lowest BCUT2D eigenvalue weighted by atomic mass is 9.50. The molecule has 3 N–H and O–H groups in total. The highest BCUT2D eigenvalue weighted by molar-refractivity contribution is 5.83. The molecule has 0 aromatic carbocycles. The van der Waals surface area contributed by atoms with Gasteiger partial charge in [0.05, 0.1) is 62.8 Å². The largest absolute Gasteiger partial charge is 0.463 e. The van der Waals surface area contributed by atoms with Crippen LogP contribution in [0.25, 0.3) is 0 Å². The van der Waals surface area contributed by atoms with Crippen molar-refractivity contribution < 1.29 is 91.6 Å². The van der Waals surface area contributed by atoms with E-state index in [0.29, 0.717) is 75.2 Å². The Morgan fingerprint density at radius 2 is 0.972 bits per heavy atom. The monoisotopic (exact) mass is 1500 g/mol. The molecule has 19 unspecified atom stereocenters. The highest BCUT2D eigenvalue weighted by Gasteiger charge is 2.69. The Morgan fingerprint density at radius 1 is 0.477 bits per heavy atom. The van der Waals surface area contributed by atoms with Gasteiger partial charge in [0.25, 0.3) is 0 Å². The van der Waals surface area contributed by atoms with E-state index in [1.807, 2.05) is 90.0 Å². The van der Waals surface area contributed by atoms with Crippen molar-refractivity contribution in [1.29, 1.82) is 0 Å². The first-order chi connectivity index (χ1) is 49.7. The molecule has 19 atom stereocenters. The minimum absolute atomic E-state index is 0.0276. The molecule has 15 aliphatic carbocycles. The zero-order chi connectivity index (χ0) is 78.8. The molecule has 2 heterocycles. The van der Waals surface area contributed by atoms with Gasteiger partial charge in [0, 0.05) is 43.9 Å². The third-order valence-corrected chi connectivity index (χ3v) is 30.9. The summed E-state index contributed by atoms with van der Waals surface area (Å²) in [5.41, 5.74) is -5.57. The number of fused-ring (bicyclic) bond motifs is 14. The molecule has 17 rings (SSSR count). The molecule has 2 aliphatic heterocycles. The maximum Gasteiger partial charge on any atom is 0.347 e. The van der Waals surface area contributed by atoms with Crippen LogP contribution in [0.2, 0.25) is 0 Å². The van der Waals surface area contributed by atoms with Crippen molar-refractivity contribution in [2.45, 2.75) is 382 Å². The van der Waals surface area contributed by atoms with Crippen molar-refractivity contribution >= 4 is 47.8 Å². The van der Waals surface area contributed by atoms with Gasteiger partial charge in [0.2, 0.25) is 6.10 Å². The van der Waals surface area contributed by atoms with Crippen LogP contribution in [0.5, 0.6) is 0 Å². The standard InChI is InChI=1S/C19H30O2.C18H30O2.C16H26O3.C15H24O4.2C10H16O4/c1-5-18(2,3)17(20)21-19(4)10-13-9-14(19)16-12-7-6-11(8-12)15(13)16;1-5-17(3,4)16(19)20-18(6-2)11-12-10-15(18)14-9-7-8-13(12)14;1-4-14(2,3)13(17)19-16-8-11-5-12(9-16)7-15(18,6-11)10-16;1-3-10(2)12(16)19-15-6-11-4-13(17,8-15)7-14(18,5-11)9-15;1-4-10(2,3)9(12)14-7-5-8(11)13-6-7;1-4-10(2,3)9(12)14-7-5-6-13-8(7)11/h11-16H,5-10H2,1-4H3;12-15H,5-11H2,1-4H3;11-12,18H,4-10H2,1-3H3;10-11,17-18H,3-9H2,1-2H3;2*7H,4-6H2,1-3H3. The van der Waals surface area contributed by atoms with Gasteiger partial charge in [-0.1, -0.05) is 61.8 Å². The lowest BCUT2D eigenvalue weighted by molar-refractivity contribution is -0.262. The van der Waals surface area contributed by atoms with E-state index in [2.05, 4.69) is 27.7 Å². The summed E-state index contributed by atoms with van der Waals surface area (Å²) in [5, 5.41) is 31.8. The Morgan fingerprint density at radius 3 is 1.48 bits per heavy atom. The maximum atomic E-state index is 12.6. The van der Waals surface area contributed by atoms with E-state index >= 15 is 0 Å². The summed E-state index contributed by atoms with van der Waals surface area (Å²) in [4.78, 5) is 94.5. The highest BCUT2D eigenvalue weighted by atomic mass is 16.6. The van der Waals surface area contributed by atoms with Crippen LogP contribution in [-0.2, 0) is 76.3 Å². The second-order valence-electron chi connectivity index (χ2n) is 40.9. The topological polar surface area (TPSA) is 271 Å². The fraction of sp³-hybridized carbons (Fsp3) is 0.909. The van der Waals surface area contributed by atoms with Crippen LogP contribution < -0.4 is 0 Å². The Balaban J connectivity index is 0.000000138. The number of esters is 8. The fourth-order valence-corrected chi connectivity index (χ4v) is 23.4. The number of hydrogen-bond donors (Lipinski definition) is 3. The van der Waals surface area contributed by atoms with Crippen molar-refractivity contribution in [2.75, 3.05) is 13.2 Å². The molecule has 107 heavy (non-hydrogen) atoms. The Hall–Kier alpha value is -4.36. The van der Waals surface area contributed by atoms with Crippen LogP contribution in [0.3, 0.4) is 0 Å². The second-order valence-corrected chi connectivity index (χ2v) is 40.9. The van der Waals surface area contributed by atoms with Crippen LogP contribution in [0.1, 0.15) is 331 Å². The first-order valence-corrected chi connectivity index (χ1v) is 42.6. The predicted molar refractivity (Wildman–Crippen MR) is 404 cm³/mol. The normalized spacial score (nSPS) is 40.3. The first-order valence-electron chi connectivity index (χ1n) is 42.6. The molecular weight excluding hydrogens is 1360 g/mol. The molecule has 608 valence electrons. The number of ether oxygens (including phenoxy) is 8. The van der Waals surface area contributed by atoms with Crippen LogP contribution >= 0.6 is 0 Å². The number of aliphatic hydroxyl groups is 3. The molecule has 0 spiro atoms. The molecule has 0 radical (unpaired) electrons. The zero-order valence-electron chi connectivity index (χ0n) is 69.4. The molecule has 0 amide bonds. The second kappa shape index (κ2) is 31.5. The molecule has 17 fully saturated rings. The van der Waals surface area contributed by atoms with E-state index in [1.165, 1.54) is 57.8 Å². The Kier molecular flexibility index (Phi) is 25.1. The number of rotatable bonds is 19. The van der Waals surface area contributed by atoms with E-state index in [4.69, 9.17) is 37.9 Å². The highest BCUT2D eigenvalue weighted by Crippen LogP contribution is 2.71. The van der Waals surface area contributed by atoms with E-state index in [-0.39, 0.29) is 100 Å². The summed E-state index contributed by atoms with van der Waals surface area (Å²) >= 11 is 0. The van der Waals surface area contributed by atoms with Crippen molar-refractivity contribution in [3.05, 3.63) is 0 Å². The molecule has 15 saturated carbocycles. The molecule has 0 aromatic rings. The lowest BCUT2D eigenvalue weighted by Gasteiger charge is -2.62. The van der Waals surface area contributed by atoms with E-state index in [0.717, 1.165) is 137 Å². The van der Waals surface area contributed by atoms with Crippen LogP contribution in [-0.4, -0.2) is 128 Å². The number of carbonyl (C=O) groups excluding carboxylic acids is 8. The summed E-state index contributed by atoms with van der Waals surface area (Å²) in [6, 6.07) is 0. The number of hydrogen-bond acceptors (Lipinski definition) is 19. The molecule has 19 nitrogen and oxygen atoms in total. The molecular formula is C88H142O19. The summed E-state index contributed by atoms with van der Waals surface area (Å²) < 4.78 is 43.7. The average Bonchev–Trinajstić information content (AvgIpc) is 1.55. The summed E-state index contributed by atoms with van der Waals surface area (Å²) in [6.45, 7) is 38.1. The summed E-state index contributed by atoms with van der Waals surface area (Å²) in [7, 11) is 0. The molecule has 0 aromatic heterocycles. The average molecular weight is 1500 g/mol. The predicted octanol–water partition coefficient (Wildman–Crippen LogP) is 16.4. The minimum atomic E-state index is -0.829. The van der Waals surface area contributed by atoms with Gasteiger partial charge >= 0.3 is 47.8 Å². The Bertz CT molecular complexity index is 3200. The third-order valence-electron chi connectivity index (χ3n) is 30.9. The lowest BCUT2D eigenvalue weighted by Crippen LogP contribution is -2.67. The zero-order valence-corrected chi connectivity index (χ0v) is 69.4. The minimum Gasteiger partial charge on any atom is -0.463 e. The van der Waals surface area contributed by atoms with Gasteiger partial charge in [-0.15, -0.1) is 0 Å². The van der Waals surface area contributed by atoms with Crippen LogP contribution in [0.4, 0.5) is 0 Å². The number of cyclic esters (lactones) is 2. The summed E-state index contributed by atoms with van der Waals surface area (Å²) in [5.74, 6) is 8.41. The quantitative estimate of drug-likeness (QED) is 0.0616. The van der Waals surface area contributed by atoms with E-state index in [1.54, 1.807) is 13.8 Å². The van der Waals surface area contributed by atoms with E-state index < -0.39 is 50.7 Å². The van der Waals surface area contributed by atoms with Gasteiger partial charge in [-0.2, -0.15) is 0 Å². The van der Waals surface area contributed by atoms with Gasteiger partial charge in [-0.05, 0) is 295 Å². The van der Waals surface area contributed by atoms with Crippen molar-refractivity contribution in [3.63, 3.8) is 0 Å². The smallest absolute Gasteiger partial charge is 0.347 e. The summed E-state index contributed by atoms with van der Waals surface area (Å²) in [6.07, 6.45) is 28.2. The van der Waals surface area contributed by atoms with Crippen LogP contribution in [0, 0.1) is 110 Å². The molecule has 19 heteroatoms. The molecule has 14 bridgehead atoms. The first kappa shape index (κ1) is 85.1. The van der Waals surface area contributed by atoms with Gasteiger partial charge in [-0.25, -0.2) is 4.79 Å². The third kappa shape index (κ3) is 18.0. The SMILES string of the molecule is CCC(C)(C)C(=O)OC1(C)CC2CC1C1C3CCC(C3)C21.CCC(C)(C)C(=O)OC1(CC)CC2CC1C1CCCC21.CCC(C)(C)C(=O)OC12CC3CC(CC(O)(C3)C1)C2.CCC(C)(C)C(=O)OC1CCOC1=O.CCC(C)(C)C(=O)OC1COC(=O)C1.CCC(C)C(=O)OC12CC3CC(O)(CC(O)(C3)C1)C2. The fourth-order valence-electron chi connectivity index (χ4n) is 23.4. The van der Waals surface area contributed by atoms with Gasteiger partial charge in [0.15, 0.2) is 0 Å². The van der Waals surface area contributed by atoms with Crippen molar-refractivity contribution in [2.24, 2.45) is 110 Å². The van der Waals surface area contributed by atoms with Gasteiger partial charge in [0.1, 0.15) is 35.1 Å².